The van der Waals surface area contributed by atoms with E-state index in [1.54, 1.807) is 0 Å². The Morgan fingerprint density at radius 3 is 2.71 bits per heavy atom. The summed E-state index contributed by atoms with van der Waals surface area (Å²) in [6, 6.07) is 4.16. The second kappa shape index (κ2) is 7.64. The minimum absolute atomic E-state index is 0. The normalized spacial score (nSPS) is 17.7. The summed E-state index contributed by atoms with van der Waals surface area (Å²) in [5.74, 6) is 0.857. The van der Waals surface area contributed by atoms with Gasteiger partial charge in [-0.2, -0.15) is 0 Å². The van der Waals surface area contributed by atoms with Crippen LogP contribution in [0.4, 0.5) is 0 Å². The molecular formula is C13H22ClN3. The maximum Gasteiger partial charge on any atom is 0.0312 e. The van der Waals surface area contributed by atoms with Crippen molar-refractivity contribution in [2.45, 2.75) is 25.8 Å². The molecule has 17 heavy (non-hydrogen) atoms. The summed E-state index contributed by atoms with van der Waals surface area (Å²) in [6.07, 6.45) is 7.60. The van der Waals surface area contributed by atoms with Gasteiger partial charge in [-0.1, -0.05) is 6.07 Å². The Balaban J connectivity index is 0.00000144. The van der Waals surface area contributed by atoms with Crippen molar-refractivity contribution in [1.29, 1.82) is 0 Å². The zero-order chi connectivity index (χ0) is 11.2. The van der Waals surface area contributed by atoms with Crippen molar-refractivity contribution >= 4 is 12.4 Å². The van der Waals surface area contributed by atoms with E-state index in [-0.39, 0.29) is 12.4 Å². The Kier molecular flexibility index (Phi) is 6.48. The second-order valence-corrected chi connectivity index (χ2v) is 4.66. The summed E-state index contributed by atoms with van der Waals surface area (Å²) in [5.41, 5.74) is 6.91. The van der Waals surface area contributed by atoms with Crippen LogP contribution in [0.5, 0.6) is 0 Å². The highest BCUT2D eigenvalue weighted by atomic mass is 35.5. The zero-order valence-electron chi connectivity index (χ0n) is 10.2. The highest BCUT2D eigenvalue weighted by Crippen LogP contribution is 2.20. The first-order chi connectivity index (χ1) is 7.88. The molecule has 1 fully saturated rings. The minimum Gasteiger partial charge on any atom is -0.330 e. The molecule has 0 atom stereocenters. The number of piperidine rings is 1. The highest BCUT2D eigenvalue weighted by Gasteiger charge is 2.18. The second-order valence-electron chi connectivity index (χ2n) is 4.66. The van der Waals surface area contributed by atoms with Gasteiger partial charge in [0.2, 0.25) is 0 Å². The van der Waals surface area contributed by atoms with Gasteiger partial charge < -0.3 is 5.73 Å². The summed E-state index contributed by atoms with van der Waals surface area (Å²) in [5, 5.41) is 0. The lowest BCUT2D eigenvalue weighted by molar-refractivity contribution is 0.173. The molecule has 2 rings (SSSR count). The van der Waals surface area contributed by atoms with Crippen LogP contribution in [0.15, 0.2) is 24.5 Å². The topological polar surface area (TPSA) is 42.1 Å². The Bertz CT molecular complexity index is 297. The van der Waals surface area contributed by atoms with E-state index in [1.807, 2.05) is 18.5 Å². The van der Waals surface area contributed by atoms with Gasteiger partial charge in [0.25, 0.3) is 0 Å². The number of nitrogens with two attached hydrogens (primary N) is 1. The van der Waals surface area contributed by atoms with Crippen molar-refractivity contribution < 1.29 is 0 Å². The number of hydrogen-bond acceptors (Lipinski definition) is 3. The lowest BCUT2D eigenvalue weighted by Gasteiger charge is -2.31. The molecule has 2 N–H and O–H groups in total. The van der Waals surface area contributed by atoms with E-state index in [0.29, 0.717) is 0 Å². The maximum atomic E-state index is 5.60. The van der Waals surface area contributed by atoms with E-state index in [2.05, 4.69) is 16.0 Å². The standard InChI is InChI=1S/C13H21N3.ClH/c14-6-3-12-4-8-16(9-5-12)11-13-2-1-7-15-10-13;/h1-2,7,10,12H,3-6,8-9,11,14H2;1H. The number of pyridine rings is 1. The smallest absolute Gasteiger partial charge is 0.0312 e. The van der Waals surface area contributed by atoms with Gasteiger partial charge in [-0.05, 0) is 56.4 Å². The van der Waals surface area contributed by atoms with Gasteiger partial charge >= 0.3 is 0 Å². The van der Waals surface area contributed by atoms with Crippen LogP contribution in [0.2, 0.25) is 0 Å². The van der Waals surface area contributed by atoms with Crippen molar-refractivity contribution in [3.8, 4) is 0 Å². The Labute approximate surface area is 110 Å². The molecule has 0 amide bonds. The number of nitrogens with zero attached hydrogens (tertiary/aromatic N) is 2. The summed E-state index contributed by atoms with van der Waals surface area (Å²) >= 11 is 0. The molecule has 0 aromatic carbocycles. The molecule has 0 bridgehead atoms. The van der Waals surface area contributed by atoms with Gasteiger partial charge in [0.05, 0.1) is 0 Å². The van der Waals surface area contributed by atoms with Crippen LogP contribution in [0, 0.1) is 5.92 Å². The lowest BCUT2D eigenvalue weighted by atomic mass is 9.93. The Morgan fingerprint density at radius 1 is 1.35 bits per heavy atom. The number of halogens is 1. The molecule has 96 valence electrons. The van der Waals surface area contributed by atoms with Crippen LogP contribution in [-0.2, 0) is 6.54 Å². The average molecular weight is 256 g/mol. The van der Waals surface area contributed by atoms with Crippen molar-refractivity contribution in [3.63, 3.8) is 0 Å². The lowest BCUT2D eigenvalue weighted by Crippen LogP contribution is -2.33. The van der Waals surface area contributed by atoms with E-state index < -0.39 is 0 Å². The third-order valence-corrected chi connectivity index (χ3v) is 3.41. The third kappa shape index (κ3) is 4.62. The molecule has 0 unspecified atom stereocenters. The summed E-state index contributed by atoms with van der Waals surface area (Å²) in [6.45, 7) is 4.30. The van der Waals surface area contributed by atoms with Crippen molar-refractivity contribution in [2.75, 3.05) is 19.6 Å². The molecule has 0 aliphatic carbocycles. The number of likely N-dealkylation sites (tertiary alicyclic amines) is 1. The van der Waals surface area contributed by atoms with Gasteiger partial charge in [0.1, 0.15) is 0 Å². The monoisotopic (exact) mass is 255 g/mol. The van der Waals surface area contributed by atoms with E-state index >= 15 is 0 Å². The van der Waals surface area contributed by atoms with Crippen LogP contribution in [-0.4, -0.2) is 29.5 Å². The van der Waals surface area contributed by atoms with Crippen LogP contribution in [0.1, 0.15) is 24.8 Å². The summed E-state index contributed by atoms with van der Waals surface area (Å²) in [7, 11) is 0. The number of rotatable bonds is 4. The predicted molar refractivity (Wildman–Crippen MR) is 73.2 cm³/mol. The van der Waals surface area contributed by atoms with Crippen molar-refractivity contribution in [1.82, 2.24) is 9.88 Å². The molecule has 4 heteroatoms. The molecule has 0 spiro atoms. The molecule has 1 aliphatic heterocycles. The first kappa shape index (κ1) is 14.4. The van der Waals surface area contributed by atoms with Gasteiger partial charge in [-0.15, -0.1) is 12.4 Å². The highest BCUT2D eigenvalue weighted by molar-refractivity contribution is 5.85. The molecule has 1 aromatic heterocycles. The van der Waals surface area contributed by atoms with Gasteiger partial charge in [0.15, 0.2) is 0 Å². The van der Waals surface area contributed by atoms with Crippen LogP contribution < -0.4 is 5.73 Å². The van der Waals surface area contributed by atoms with E-state index in [1.165, 1.54) is 37.9 Å². The fourth-order valence-electron chi connectivity index (χ4n) is 2.42. The van der Waals surface area contributed by atoms with Gasteiger partial charge in [-0.25, -0.2) is 0 Å². The first-order valence-electron chi connectivity index (χ1n) is 6.20. The molecule has 2 heterocycles. The van der Waals surface area contributed by atoms with E-state index in [4.69, 9.17) is 5.73 Å². The van der Waals surface area contributed by atoms with Crippen LogP contribution >= 0.6 is 12.4 Å². The third-order valence-electron chi connectivity index (χ3n) is 3.41. The fourth-order valence-corrected chi connectivity index (χ4v) is 2.42. The number of aromatic nitrogens is 1. The molecule has 1 aliphatic rings. The van der Waals surface area contributed by atoms with E-state index in [0.717, 1.165) is 19.0 Å². The Hall–Kier alpha value is -0.640. The quantitative estimate of drug-likeness (QED) is 0.896. The maximum absolute atomic E-state index is 5.60. The molecule has 0 saturated carbocycles. The van der Waals surface area contributed by atoms with Crippen molar-refractivity contribution in [3.05, 3.63) is 30.1 Å². The molecular weight excluding hydrogens is 234 g/mol. The molecule has 1 saturated heterocycles. The van der Waals surface area contributed by atoms with Gasteiger partial charge in [0, 0.05) is 18.9 Å². The fraction of sp³-hybridized carbons (Fsp3) is 0.615. The first-order valence-corrected chi connectivity index (χ1v) is 6.20. The van der Waals surface area contributed by atoms with Crippen LogP contribution in [0.3, 0.4) is 0 Å². The molecule has 0 radical (unpaired) electrons. The SMILES string of the molecule is Cl.NCCC1CCN(Cc2cccnc2)CC1. The largest absolute Gasteiger partial charge is 0.330 e. The predicted octanol–water partition coefficient (Wildman–Crippen LogP) is 2.06. The summed E-state index contributed by atoms with van der Waals surface area (Å²) < 4.78 is 0. The van der Waals surface area contributed by atoms with Gasteiger partial charge in [-0.3, -0.25) is 9.88 Å². The van der Waals surface area contributed by atoms with Crippen LogP contribution in [0.25, 0.3) is 0 Å². The van der Waals surface area contributed by atoms with E-state index in [9.17, 15) is 0 Å². The zero-order valence-corrected chi connectivity index (χ0v) is 11.0. The molecule has 3 nitrogen and oxygen atoms in total. The average Bonchev–Trinajstić information content (AvgIpc) is 2.33. The van der Waals surface area contributed by atoms with Crippen molar-refractivity contribution in [2.24, 2.45) is 11.7 Å². The number of hydrogen-bond donors (Lipinski definition) is 1. The molecule has 1 aromatic rings. The Morgan fingerprint density at radius 2 is 2.12 bits per heavy atom. The minimum atomic E-state index is 0. The summed E-state index contributed by atoms with van der Waals surface area (Å²) in [4.78, 5) is 6.67.